The summed E-state index contributed by atoms with van der Waals surface area (Å²) < 4.78 is 31.5. The van der Waals surface area contributed by atoms with E-state index in [-0.39, 0.29) is 28.8 Å². The smallest absolute Gasteiger partial charge is 0.250 e. The molecule has 4 heterocycles. The highest BCUT2D eigenvalue weighted by atomic mass is 35.5. The van der Waals surface area contributed by atoms with Gasteiger partial charge in [0.25, 0.3) is 16.7 Å². The van der Waals surface area contributed by atoms with Crippen LogP contribution in [0, 0.1) is 18.6 Å². The fourth-order valence-corrected chi connectivity index (χ4v) is 7.52. The first-order valence-corrected chi connectivity index (χ1v) is 21.3. The molecule has 0 saturated heterocycles. The molecule has 9 rings (SSSR count). The van der Waals surface area contributed by atoms with Crippen LogP contribution in [0.3, 0.4) is 0 Å². The van der Waals surface area contributed by atoms with Crippen molar-refractivity contribution in [1.82, 2.24) is 13.7 Å². The molecule has 4 aromatic heterocycles. The molecule has 0 saturated carbocycles. The minimum absolute atomic E-state index is 0.00318. The molecule has 5 aromatic carbocycles. The second-order valence-electron chi connectivity index (χ2n) is 14.7. The molecule has 0 radical (unpaired) electrons. The molecule has 63 heavy (non-hydrogen) atoms. The highest BCUT2D eigenvalue weighted by molar-refractivity contribution is 7.13. The molecule has 0 amide bonds. The predicted octanol–water partition coefficient (Wildman–Crippen LogP) is 12.0. The van der Waals surface area contributed by atoms with Crippen LogP contribution in [0.4, 0.5) is 8.78 Å². The maximum Gasteiger partial charge on any atom is 0.250 e. The summed E-state index contributed by atoms with van der Waals surface area (Å²) >= 11 is 7.47. The summed E-state index contributed by atoms with van der Waals surface area (Å²) in [6, 6.07) is 53.3. The number of aryl methyl sites for hydroxylation is 1. The van der Waals surface area contributed by atoms with Gasteiger partial charge in [-0.2, -0.15) is 0 Å². The maximum absolute atomic E-state index is 13.7. The number of nitrogens with zero attached hydrogens (tertiary/aromatic N) is 3. The van der Waals surface area contributed by atoms with Crippen molar-refractivity contribution in [2.75, 3.05) is 0 Å². The summed E-state index contributed by atoms with van der Waals surface area (Å²) in [4.78, 5) is 37.0. The van der Waals surface area contributed by atoms with E-state index in [0.717, 1.165) is 49.9 Å². The molecule has 0 aliphatic rings. The van der Waals surface area contributed by atoms with Gasteiger partial charge in [-0.3, -0.25) is 14.4 Å². The predicted molar refractivity (Wildman–Crippen MR) is 253 cm³/mol. The first-order valence-electron chi connectivity index (χ1n) is 20.1. The number of hydrogen-bond acceptors (Lipinski definition) is 4. The van der Waals surface area contributed by atoms with Crippen molar-refractivity contribution in [3.05, 3.63) is 270 Å². The van der Waals surface area contributed by atoms with Crippen molar-refractivity contribution >= 4 is 22.9 Å². The Hall–Kier alpha value is -7.20. The van der Waals surface area contributed by atoms with Crippen molar-refractivity contribution in [1.29, 1.82) is 0 Å². The molecule has 0 aliphatic heterocycles. The number of hydrogen-bond donors (Lipinski definition) is 0. The van der Waals surface area contributed by atoms with E-state index in [1.807, 2.05) is 115 Å². The fourth-order valence-electron chi connectivity index (χ4n) is 6.67. The van der Waals surface area contributed by atoms with Gasteiger partial charge < -0.3 is 13.7 Å². The van der Waals surface area contributed by atoms with E-state index < -0.39 is 11.6 Å². The van der Waals surface area contributed by atoms with E-state index in [1.54, 1.807) is 44.9 Å². The first-order chi connectivity index (χ1) is 30.6. The number of benzene rings is 5. The minimum Gasteiger partial charge on any atom is -0.310 e. The third-order valence-corrected chi connectivity index (χ3v) is 11.2. The third-order valence-electron chi connectivity index (χ3n) is 10.1. The topological polar surface area (TPSA) is 66.0 Å². The number of halogens is 3. The Morgan fingerprint density at radius 3 is 1.52 bits per heavy atom. The van der Waals surface area contributed by atoms with E-state index in [0.29, 0.717) is 18.1 Å². The Morgan fingerprint density at radius 1 is 0.476 bits per heavy atom. The molecular formula is C53H42ClF2N3O3S. The van der Waals surface area contributed by atoms with E-state index in [4.69, 9.17) is 11.6 Å². The van der Waals surface area contributed by atoms with Crippen LogP contribution in [0.2, 0.25) is 5.02 Å². The van der Waals surface area contributed by atoms with E-state index in [1.165, 1.54) is 28.3 Å². The normalized spacial score (nSPS) is 10.6. The van der Waals surface area contributed by atoms with Gasteiger partial charge >= 0.3 is 0 Å². The van der Waals surface area contributed by atoms with Crippen LogP contribution in [0.1, 0.15) is 22.3 Å². The van der Waals surface area contributed by atoms with Crippen LogP contribution in [-0.2, 0) is 19.6 Å². The first kappa shape index (κ1) is 43.9. The van der Waals surface area contributed by atoms with E-state index in [2.05, 4.69) is 43.3 Å². The lowest BCUT2D eigenvalue weighted by molar-refractivity contribution is 0.564. The Morgan fingerprint density at radius 2 is 0.968 bits per heavy atom. The summed E-state index contributed by atoms with van der Waals surface area (Å²) in [5, 5.41) is 2.65. The van der Waals surface area contributed by atoms with Gasteiger partial charge in [-0.05, 0) is 88.1 Å². The van der Waals surface area contributed by atoms with Crippen LogP contribution in [0.25, 0.3) is 32.7 Å². The standard InChI is InChI=1S/C19H17NO.C18H14ClNO.C16H11F2NOS/c1-15-7-9-16(10-8-15)13-20-14-18(11-12-19(20)21)17-5-3-2-4-6-17;19-17-9-6-15(7-10-17)16-8-11-18(21)20(13-16)12-14-4-2-1-3-5-14;17-13-5-3-11(14(18)8-13)9-19-10-12(4-6-16(19)20)15-2-1-7-21-15/h2-12,14H,13H2,1H3;1-11,13H,12H2;1-8,10H,9H2. The Balaban J connectivity index is 0.000000142. The summed E-state index contributed by atoms with van der Waals surface area (Å²) in [5.41, 5.74) is 8.66. The quantitative estimate of drug-likeness (QED) is 0.145. The second kappa shape index (κ2) is 21.1. The SMILES string of the molecule is Cc1ccc(Cn2cc(-c3ccccc3)ccc2=O)cc1.O=c1ccc(-c2ccc(Cl)cc2)cn1Cc1ccccc1.O=c1ccc(-c2cccs2)cn1Cc1ccc(F)cc1F. The van der Waals surface area contributed by atoms with Crippen LogP contribution < -0.4 is 16.7 Å². The maximum atomic E-state index is 13.7. The molecule has 0 fully saturated rings. The molecule has 0 atom stereocenters. The van der Waals surface area contributed by atoms with Crippen LogP contribution in [-0.4, -0.2) is 13.7 Å². The van der Waals surface area contributed by atoms with E-state index >= 15 is 0 Å². The number of rotatable bonds is 9. The number of aromatic nitrogens is 3. The molecule has 6 nitrogen and oxygen atoms in total. The zero-order chi connectivity index (χ0) is 44.1. The number of pyridine rings is 3. The molecule has 0 aliphatic carbocycles. The van der Waals surface area contributed by atoms with Gasteiger partial charge in [0, 0.05) is 63.9 Å². The molecule has 0 unspecified atom stereocenters. The highest BCUT2D eigenvalue weighted by Gasteiger charge is 2.08. The average molecular weight is 874 g/mol. The highest BCUT2D eigenvalue weighted by Crippen LogP contribution is 2.24. The Labute approximate surface area is 372 Å². The molecular weight excluding hydrogens is 832 g/mol. The second-order valence-corrected chi connectivity index (χ2v) is 16.1. The molecule has 314 valence electrons. The van der Waals surface area contributed by atoms with Gasteiger partial charge in [-0.15, -0.1) is 11.3 Å². The molecule has 0 N–H and O–H groups in total. The van der Waals surface area contributed by atoms with Crippen LogP contribution >= 0.6 is 22.9 Å². The van der Waals surface area contributed by atoms with Gasteiger partial charge in [0.15, 0.2) is 0 Å². The van der Waals surface area contributed by atoms with Gasteiger partial charge in [-0.25, -0.2) is 8.78 Å². The van der Waals surface area contributed by atoms with Gasteiger partial charge in [0.1, 0.15) is 11.6 Å². The summed E-state index contributed by atoms with van der Waals surface area (Å²) in [5.74, 6) is -1.28. The third kappa shape index (κ3) is 12.2. The monoisotopic (exact) mass is 873 g/mol. The number of thiophene rings is 1. The van der Waals surface area contributed by atoms with Gasteiger partial charge in [-0.1, -0.05) is 126 Å². The zero-order valence-corrected chi connectivity index (χ0v) is 35.9. The van der Waals surface area contributed by atoms with Crippen molar-refractivity contribution < 1.29 is 8.78 Å². The van der Waals surface area contributed by atoms with Gasteiger partial charge in [0.2, 0.25) is 0 Å². The van der Waals surface area contributed by atoms with Crippen molar-refractivity contribution in [3.8, 4) is 32.7 Å². The van der Waals surface area contributed by atoms with Crippen molar-refractivity contribution in [2.24, 2.45) is 0 Å². The lowest BCUT2D eigenvalue weighted by Gasteiger charge is -2.09. The fraction of sp³-hybridized carbons (Fsp3) is 0.0755. The lowest BCUT2D eigenvalue weighted by Crippen LogP contribution is -2.19. The molecule has 0 bridgehead atoms. The summed E-state index contributed by atoms with van der Waals surface area (Å²) in [6.45, 7) is 3.30. The zero-order valence-electron chi connectivity index (χ0n) is 34.3. The van der Waals surface area contributed by atoms with Crippen molar-refractivity contribution in [2.45, 2.75) is 26.6 Å². The average Bonchev–Trinajstić information content (AvgIpc) is 3.85. The van der Waals surface area contributed by atoms with Crippen molar-refractivity contribution in [3.63, 3.8) is 0 Å². The minimum atomic E-state index is -0.650. The Kier molecular flexibility index (Phi) is 14.7. The molecule has 9 aromatic rings. The summed E-state index contributed by atoms with van der Waals surface area (Å²) in [7, 11) is 0. The van der Waals surface area contributed by atoms with E-state index in [9.17, 15) is 23.2 Å². The largest absolute Gasteiger partial charge is 0.310 e. The van der Waals surface area contributed by atoms with Crippen LogP contribution in [0.5, 0.6) is 0 Å². The molecule has 10 heteroatoms. The summed E-state index contributed by atoms with van der Waals surface area (Å²) in [6.07, 6.45) is 5.51. The Bertz CT molecular complexity index is 3080. The van der Waals surface area contributed by atoms with Crippen LogP contribution in [0.15, 0.2) is 214 Å². The lowest BCUT2D eigenvalue weighted by atomic mass is 10.1. The van der Waals surface area contributed by atoms with Gasteiger partial charge in [0.05, 0.1) is 19.6 Å². The molecule has 0 spiro atoms.